The van der Waals surface area contributed by atoms with Crippen molar-refractivity contribution in [3.05, 3.63) is 52.8 Å². The summed E-state index contributed by atoms with van der Waals surface area (Å²) in [7, 11) is 1.59. The van der Waals surface area contributed by atoms with E-state index in [1.54, 1.807) is 19.2 Å². The Morgan fingerprint density at radius 3 is 2.64 bits per heavy atom. The average molecular weight is 492 g/mol. The number of ether oxygens (including phenoxy) is 2. The number of aromatic nitrogens is 7. The summed E-state index contributed by atoms with van der Waals surface area (Å²) in [6.07, 6.45) is 5.51. The van der Waals surface area contributed by atoms with E-state index < -0.39 is 12.1 Å². The van der Waals surface area contributed by atoms with Crippen LogP contribution in [0.5, 0.6) is 0 Å². The van der Waals surface area contributed by atoms with Crippen LogP contribution in [0.15, 0.2) is 36.9 Å². The zero-order valence-electron chi connectivity index (χ0n) is 17.6. The Morgan fingerprint density at radius 2 is 1.91 bits per heavy atom. The first-order valence-corrected chi connectivity index (χ1v) is 10.5. The summed E-state index contributed by atoms with van der Waals surface area (Å²) in [5.74, 6) is 0.335. The van der Waals surface area contributed by atoms with E-state index in [0.29, 0.717) is 41.7 Å². The summed E-state index contributed by atoms with van der Waals surface area (Å²) in [6, 6.07) is 2.61. The molecule has 172 valence electrons. The van der Waals surface area contributed by atoms with Crippen LogP contribution in [0.3, 0.4) is 0 Å². The molecular formula is C19H19Cl2N9O3. The fourth-order valence-corrected chi connectivity index (χ4v) is 3.47. The molecule has 2 N–H and O–H groups in total. The number of methoxy groups -OCH3 is 1. The van der Waals surface area contributed by atoms with E-state index in [9.17, 15) is 4.79 Å². The Hall–Kier alpha value is -3.32. The predicted molar refractivity (Wildman–Crippen MR) is 121 cm³/mol. The number of carbonyl (C=O) groups excluding carboxylic acids is 1. The van der Waals surface area contributed by atoms with Crippen molar-refractivity contribution in [2.24, 2.45) is 0 Å². The molecule has 4 rings (SSSR count). The first kappa shape index (κ1) is 22.9. The number of carbonyl (C=O) groups is 1. The van der Waals surface area contributed by atoms with E-state index in [0.717, 1.165) is 0 Å². The number of halogens is 2. The van der Waals surface area contributed by atoms with Crippen LogP contribution in [0.4, 0.5) is 16.2 Å². The van der Waals surface area contributed by atoms with Gasteiger partial charge in [-0.3, -0.25) is 0 Å². The van der Waals surface area contributed by atoms with Crippen LogP contribution in [0.25, 0.3) is 11.5 Å². The Labute approximate surface area is 197 Å². The van der Waals surface area contributed by atoms with E-state index in [-0.39, 0.29) is 10.2 Å². The van der Waals surface area contributed by atoms with Gasteiger partial charge in [0.15, 0.2) is 16.6 Å². The summed E-state index contributed by atoms with van der Waals surface area (Å²) >= 11 is 12.3. The third-order valence-corrected chi connectivity index (χ3v) is 4.93. The van der Waals surface area contributed by atoms with Gasteiger partial charge in [0.1, 0.15) is 0 Å². The maximum Gasteiger partial charge on any atom is 0.323 e. The normalized spacial score (nSPS) is 12.1. The largest absolute Gasteiger partial charge is 0.382 e. The lowest BCUT2D eigenvalue weighted by atomic mass is 10.2. The molecule has 0 radical (unpaired) electrons. The molecule has 0 bridgehead atoms. The van der Waals surface area contributed by atoms with Crippen molar-refractivity contribution in [3.63, 3.8) is 0 Å². The lowest BCUT2D eigenvalue weighted by Gasteiger charge is -2.18. The molecule has 2 amide bonds. The smallest absolute Gasteiger partial charge is 0.323 e. The minimum Gasteiger partial charge on any atom is -0.382 e. The summed E-state index contributed by atoms with van der Waals surface area (Å²) in [5.41, 5.74) is 1.84. The number of urea groups is 1. The highest BCUT2D eigenvalue weighted by molar-refractivity contribution is 6.32. The number of rotatable bonds is 8. The SMILES string of the molecule is COCCO[C@H](C)c1c(NC(=O)Nc2cnc(-n3nccn3)c(Cl)c2)cnc2cc(Cl)nn12. The topological polar surface area (TPSA) is 133 Å². The van der Waals surface area contributed by atoms with Crippen LogP contribution in [0.1, 0.15) is 18.7 Å². The van der Waals surface area contributed by atoms with Crippen LogP contribution in [-0.4, -0.2) is 60.9 Å². The maximum atomic E-state index is 12.7. The van der Waals surface area contributed by atoms with Gasteiger partial charge in [0.25, 0.3) is 0 Å². The molecule has 0 aliphatic heterocycles. The van der Waals surface area contributed by atoms with Gasteiger partial charge in [-0.1, -0.05) is 23.2 Å². The van der Waals surface area contributed by atoms with Gasteiger partial charge in [0, 0.05) is 13.2 Å². The molecule has 4 aromatic rings. The Balaban J connectivity index is 1.55. The van der Waals surface area contributed by atoms with Gasteiger partial charge in [0.05, 0.1) is 66.2 Å². The first-order valence-electron chi connectivity index (χ1n) is 9.71. The maximum absolute atomic E-state index is 12.7. The Morgan fingerprint density at radius 1 is 1.12 bits per heavy atom. The van der Waals surface area contributed by atoms with Gasteiger partial charge in [-0.2, -0.15) is 15.3 Å². The van der Waals surface area contributed by atoms with Gasteiger partial charge in [-0.05, 0) is 13.0 Å². The number of pyridine rings is 1. The lowest BCUT2D eigenvalue weighted by molar-refractivity contribution is 0.0230. The van der Waals surface area contributed by atoms with Gasteiger partial charge >= 0.3 is 6.03 Å². The molecule has 33 heavy (non-hydrogen) atoms. The fraction of sp³-hybridized carbons (Fsp3) is 0.263. The molecule has 0 fully saturated rings. The van der Waals surface area contributed by atoms with E-state index in [4.69, 9.17) is 32.7 Å². The van der Waals surface area contributed by atoms with Crippen LogP contribution in [0, 0.1) is 0 Å². The third-order valence-electron chi connectivity index (χ3n) is 4.47. The molecule has 0 aromatic carbocycles. The fourth-order valence-electron chi connectivity index (χ4n) is 3.05. The molecular weight excluding hydrogens is 473 g/mol. The van der Waals surface area contributed by atoms with Crippen LogP contribution >= 0.6 is 23.2 Å². The number of amides is 2. The molecule has 1 atom stereocenters. The van der Waals surface area contributed by atoms with Crippen molar-refractivity contribution in [3.8, 4) is 5.82 Å². The zero-order valence-corrected chi connectivity index (χ0v) is 19.1. The van der Waals surface area contributed by atoms with E-state index in [1.807, 2.05) is 6.92 Å². The van der Waals surface area contributed by atoms with Crippen molar-refractivity contribution < 1.29 is 14.3 Å². The highest BCUT2D eigenvalue weighted by Gasteiger charge is 2.20. The Bertz CT molecular complexity index is 1260. The highest BCUT2D eigenvalue weighted by Crippen LogP contribution is 2.27. The molecule has 0 aliphatic rings. The molecule has 0 spiro atoms. The highest BCUT2D eigenvalue weighted by atomic mass is 35.5. The first-order chi connectivity index (χ1) is 16.0. The molecule has 4 heterocycles. The van der Waals surface area contributed by atoms with Crippen LogP contribution < -0.4 is 10.6 Å². The molecule has 0 unspecified atom stereocenters. The van der Waals surface area contributed by atoms with E-state index >= 15 is 0 Å². The van der Waals surface area contributed by atoms with Crippen molar-refractivity contribution in [1.82, 2.24) is 34.6 Å². The molecule has 0 saturated heterocycles. The van der Waals surface area contributed by atoms with Gasteiger partial charge in [0.2, 0.25) is 0 Å². The standard InChI is InChI=1S/C19H19Cl2N9O3/c1-11(33-6-5-32-2)17-14(10-22-16-8-15(21)28-29(16)17)27-19(31)26-12-7-13(20)18(23-9-12)30-24-3-4-25-30/h3-4,7-11H,5-6H2,1-2H3,(H2,26,27,31)/t11-/m1/s1. The average Bonchev–Trinajstić information content (AvgIpc) is 3.43. The van der Waals surface area contributed by atoms with Crippen molar-refractivity contribution >= 4 is 46.3 Å². The van der Waals surface area contributed by atoms with Gasteiger partial charge in [-0.15, -0.1) is 4.80 Å². The van der Waals surface area contributed by atoms with E-state index in [2.05, 4.69) is 35.9 Å². The van der Waals surface area contributed by atoms with Gasteiger partial charge < -0.3 is 20.1 Å². The summed E-state index contributed by atoms with van der Waals surface area (Å²) in [6.45, 7) is 2.60. The monoisotopic (exact) mass is 491 g/mol. The summed E-state index contributed by atoms with van der Waals surface area (Å²) in [5, 5.41) is 18.2. The van der Waals surface area contributed by atoms with Crippen molar-refractivity contribution in [1.29, 1.82) is 0 Å². The number of hydrogen-bond acceptors (Lipinski definition) is 8. The summed E-state index contributed by atoms with van der Waals surface area (Å²) < 4.78 is 12.4. The molecule has 0 saturated carbocycles. The second-order valence-corrected chi connectivity index (χ2v) is 7.52. The number of nitrogens with one attached hydrogen (secondary N) is 2. The zero-order chi connectivity index (χ0) is 23.4. The second-order valence-electron chi connectivity index (χ2n) is 6.73. The number of anilines is 2. The second kappa shape index (κ2) is 10.1. The third kappa shape index (κ3) is 5.20. The molecule has 0 aliphatic carbocycles. The molecule has 14 heteroatoms. The van der Waals surface area contributed by atoms with Crippen molar-refractivity contribution in [2.75, 3.05) is 31.0 Å². The minimum atomic E-state index is -0.539. The Kier molecular flexibility index (Phi) is 6.99. The van der Waals surface area contributed by atoms with Gasteiger partial charge in [-0.25, -0.2) is 19.3 Å². The molecule has 4 aromatic heterocycles. The lowest BCUT2D eigenvalue weighted by Crippen LogP contribution is -2.23. The van der Waals surface area contributed by atoms with E-state index in [1.165, 1.54) is 34.1 Å². The molecule has 12 nitrogen and oxygen atoms in total. The van der Waals surface area contributed by atoms with Crippen LogP contribution in [0.2, 0.25) is 10.2 Å². The van der Waals surface area contributed by atoms with Crippen LogP contribution in [-0.2, 0) is 9.47 Å². The van der Waals surface area contributed by atoms with Crippen molar-refractivity contribution in [2.45, 2.75) is 13.0 Å². The number of hydrogen-bond donors (Lipinski definition) is 2. The quantitative estimate of drug-likeness (QED) is 0.358. The summed E-state index contributed by atoms with van der Waals surface area (Å²) in [4.78, 5) is 22.5. The number of fused-ring (bicyclic) bond motifs is 1. The number of nitrogens with zero attached hydrogens (tertiary/aromatic N) is 7. The minimum absolute atomic E-state index is 0.263. The predicted octanol–water partition coefficient (Wildman–Crippen LogP) is 3.38.